The lowest BCUT2D eigenvalue weighted by atomic mass is 10.0. The fraction of sp³-hybridized carbons (Fsp3) is 0.579. The van der Waals surface area contributed by atoms with Gasteiger partial charge in [-0.3, -0.25) is 4.18 Å². The zero-order valence-corrected chi connectivity index (χ0v) is 17.6. The van der Waals surface area contributed by atoms with Gasteiger partial charge in [0.25, 0.3) is 10.1 Å². The molecule has 162 valence electrons. The number of benzene rings is 1. The Labute approximate surface area is 174 Å². The van der Waals surface area contributed by atoms with Crippen molar-refractivity contribution < 1.29 is 31.5 Å². The van der Waals surface area contributed by atoms with E-state index < -0.39 is 46.6 Å². The van der Waals surface area contributed by atoms with Crippen molar-refractivity contribution in [3.05, 3.63) is 41.7 Å². The predicted molar refractivity (Wildman–Crippen MR) is 101 cm³/mol. The Morgan fingerprint density at radius 3 is 2.67 bits per heavy atom. The highest BCUT2D eigenvalue weighted by atomic mass is 32.2. The molecular formula is C19H23N3O7S. The molecule has 2 fully saturated rings. The van der Waals surface area contributed by atoms with Gasteiger partial charge in [0.15, 0.2) is 12.1 Å². The Kier molecular flexibility index (Phi) is 4.73. The molecule has 30 heavy (non-hydrogen) atoms. The van der Waals surface area contributed by atoms with Gasteiger partial charge in [0.05, 0.1) is 29.9 Å². The maximum absolute atomic E-state index is 13.0. The Hall–Kier alpha value is -1.89. The monoisotopic (exact) mass is 437 g/mol. The molecule has 0 N–H and O–H groups in total. The molecule has 3 aliphatic heterocycles. The summed E-state index contributed by atoms with van der Waals surface area (Å²) in [5.41, 5.74) is 1.65. The normalized spacial score (nSPS) is 32.7. The molecule has 4 heterocycles. The standard InChI is InChI=1S/C19H23N3O7S/c1-11-4-6-13(7-5-11)30(23,24)29-14-9-22-12(8-20-21-22)10-25-16-15(14)26-18-17(16)27-19(2,3)28-18/h4-8,14-18H,9-10H2,1-3H3/t14-,15-,16-,17-,18-/m1/s1. The molecule has 2 aromatic rings. The molecular weight excluding hydrogens is 414 g/mol. The molecule has 1 aromatic heterocycles. The summed E-state index contributed by atoms with van der Waals surface area (Å²) < 4.78 is 57.1. The molecule has 5 atom stereocenters. The molecule has 1 aromatic carbocycles. The summed E-state index contributed by atoms with van der Waals surface area (Å²) in [4.78, 5) is 0.0678. The summed E-state index contributed by atoms with van der Waals surface area (Å²) in [7, 11) is -4.05. The van der Waals surface area contributed by atoms with Crippen molar-refractivity contribution in [3.63, 3.8) is 0 Å². The zero-order chi connectivity index (χ0) is 21.1. The smallest absolute Gasteiger partial charge is 0.297 e. The SMILES string of the molecule is Cc1ccc(S(=O)(=O)O[C@@H]2Cn3nncc3CO[C@H]3[C@H]4OC(C)(C)O[C@H]4O[C@@H]32)cc1. The van der Waals surface area contributed by atoms with Crippen molar-refractivity contribution in [1.29, 1.82) is 0 Å². The average molecular weight is 437 g/mol. The van der Waals surface area contributed by atoms with Crippen molar-refractivity contribution in [3.8, 4) is 0 Å². The van der Waals surface area contributed by atoms with Gasteiger partial charge in [0.1, 0.15) is 24.4 Å². The van der Waals surface area contributed by atoms with Crippen LogP contribution in [0.3, 0.4) is 0 Å². The lowest BCUT2D eigenvalue weighted by molar-refractivity contribution is -0.230. The molecule has 3 aliphatic rings. The van der Waals surface area contributed by atoms with Gasteiger partial charge in [0.2, 0.25) is 0 Å². The molecule has 0 unspecified atom stereocenters. The molecule has 10 nitrogen and oxygen atoms in total. The van der Waals surface area contributed by atoms with Crippen LogP contribution in [0.5, 0.6) is 0 Å². The van der Waals surface area contributed by atoms with Crippen molar-refractivity contribution >= 4 is 10.1 Å². The number of aryl methyl sites for hydroxylation is 1. The van der Waals surface area contributed by atoms with Crippen molar-refractivity contribution in [1.82, 2.24) is 15.0 Å². The highest BCUT2D eigenvalue weighted by Crippen LogP contribution is 2.41. The Bertz CT molecular complexity index is 1040. The van der Waals surface area contributed by atoms with E-state index in [0.29, 0.717) is 5.69 Å². The second kappa shape index (κ2) is 7.08. The Morgan fingerprint density at radius 2 is 1.90 bits per heavy atom. The van der Waals surface area contributed by atoms with Crippen molar-refractivity contribution in [2.24, 2.45) is 0 Å². The number of fused-ring (bicyclic) bond motifs is 4. The Morgan fingerprint density at radius 1 is 1.13 bits per heavy atom. The molecule has 0 saturated carbocycles. The summed E-state index contributed by atoms with van der Waals surface area (Å²) in [6, 6.07) is 6.47. The second-order valence-corrected chi connectivity index (χ2v) is 9.73. The molecule has 0 amide bonds. The van der Waals surface area contributed by atoms with Crippen LogP contribution in [0, 0.1) is 6.92 Å². The highest BCUT2D eigenvalue weighted by molar-refractivity contribution is 7.86. The molecule has 11 heteroatoms. The summed E-state index contributed by atoms with van der Waals surface area (Å²) in [6.07, 6.45) is -1.81. The van der Waals surface area contributed by atoms with E-state index in [1.165, 1.54) is 12.1 Å². The van der Waals surface area contributed by atoms with Crippen molar-refractivity contribution in [2.75, 3.05) is 0 Å². The number of nitrogens with zero attached hydrogens (tertiary/aromatic N) is 3. The van der Waals surface area contributed by atoms with Gasteiger partial charge in [-0.15, -0.1) is 5.10 Å². The van der Waals surface area contributed by atoms with Gasteiger partial charge >= 0.3 is 0 Å². The summed E-state index contributed by atoms with van der Waals surface area (Å²) in [5.74, 6) is -0.820. The van der Waals surface area contributed by atoms with E-state index >= 15 is 0 Å². The largest absolute Gasteiger partial charge is 0.366 e. The van der Waals surface area contributed by atoms with Gasteiger partial charge < -0.3 is 18.9 Å². The first-order valence-electron chi connectivity index (χ1n) is 9.72. The van der Waals surface area contributed by atoms with Crippen LogP contribution in [0.1, 0.15) is 25.1 Å². The first-order chi connectivity index (χ1) is 14.2. The van der Waals surface area contributed by atoms with Crippen LogP contribution < -0.4 is 0 Å². The molecule has 2 saturated heterocycles. The van der Waals surface area contributed by atoms with Crippen LogP contribution in [-0.4, -0.2) is 59.9 Å². The molecule has 0 bridgehead atoms. The van der Waals surface area contributed by atoms with Crippen LogP contribution in [0.15, 0.2) is 35.4 Å². The average Bonchev–Trinajstić information content (AvgIpc) is 3.30. The van der Waals surface area contributed by atoms with E-state index in [2.05, 4.69) is 10.3 Å². The lowest BCUT2D eigenvalue weighted by Crippen LogP contribution is -2.47. The van der Waals surface area contributed by atoms with E-state index in [4.69, 9.17) is 23.1 Å². The summed E-state index contributed by atoms with van der Waals surface area (Å²) in [5, 5.41) is 7.93. The summed E-state index contributed by atoms with van der Waals surface area (Å²) >= 11 is 0. The third kappa shape index (κ3) is 3.55. The quantitative estimate of drug-likeness (QED) is 0.653. The third-order valence-corrected chi connectivity index (χ3v) is 6.78. The number of ether oxygens (including phenoxy) is 4. The fourth-order valence-electron chi connectivity index (χ4n) is 4.00. The molecule has 5 rings (SSSR count). The van der Waals surface area contributed by atoms with Crippen LogP contribution in [0.2, 0.25) is 0 Å². The summed E-state index contributed by atoms with van der Waals surface area (Å²) in [6.45, 7) is 5.84. The molecule has 0 aliphatic carbocycles. The van der Waals surface area contributed by atoms with Gasteiger partial charge in [-0.05, 0) is 32.9 Å². The highest BCUT2D eigenvalue weighted by Gasteiger charge is 2.58. The third-order valence-electron chi connectivity index (χ3n) is 5.43. The Balaban J connectivity index is 1.47. The number of hydrogen-bond acceptors (Lipinski definition) is 9. The predicted octanol–water partition coefficient (Wildman–Crippen LogP) is 1.14. The van der Waals surface area contributed by atoms with Crippen LogP contribution in [-0.2, 0) is 46.4 Å². The fourth-order valence-corrected chi connectivity index (χ4v) is 5.08. The van der Waals surface area contributed by atoms with Crippen LogP contribution in [0.4, 0.5) is 0 Å². The molecule has 0 radical (unpaired) electrons. The minimum atomic E-state index is -4.05. The minimum absolute atomic E-state index is 0.0678. The lowest BCUT2D eigenvalue weighted by Gasteiger charge is -2.32. The van der Waals surface area contributed by atoms with Crippen molar-refractivity contribution in [2.45, 2.75) is 75.3 Å². The van der Waals surface area contributed by atoms with E-state index in [1.54, 1.807) is 36.9 Å². The zero-order valence-electron chi connectivity index (χ0n) is 16.8. The maximum atomic E-state index is 13.0. The maximum Gasteiger partial charge on any atom is 0.297 e. The number of rotatable bonds is 3. The minimum Gasteiger partial charge on any atom is -0.366 e. The van der Waals surface area contributed by atoms with Crippen LogP contribution >= 0.6 is 0 Å². The van der Waals surface area contributed by atoms with E-state index in [0.717, 1.165) is 5.56 Å². The van der Waals surface area contributed by atoms with Gasteiger partial charge in [0, 0.05) is 0 Å². The van der Waals surface area contributed by atoms with E-state index in [-0.39, 0.29) is 18.0 Å². The van der Waals surface area contributed by atoms with Gasteiger partial charge in [-0.2, -0.15) is 8.42 Å². The number of hydrogen-bond donors (Lipinski definition) is 0. The number of aromatic nitrogens is 3. The van der Waals surface area contributed by atoms with Gasteiger partial charge in [-0.1, -0.05) is 22.9 Å². The molecule has 0 spiro atoms. The first kappa shape index (κ1) is 20.0. The van der Waals surface area contributed by atoms with E-state index in [9.17, 15) is 8.42 Å². The second-order valence-electron chi connectivity index (χ2n) is 8.15. The van der Waals surface area contributed by atoms with E-state index in [1.807, 2.05) is 6.92 Å². The van der Waals surface area contributed by atoms with Crippen LogP contribution in [0.25, 0.3) is 0 Å². The first-order valence-corrected chi connectivity index (χ1v) is 11.1. The topological polar surface area (TPSA) is 111 Å². The van der Waals surface area contributed by atoms with Gasteiger partial charge in [-0.25, -0.2) is 4.68 Å².